The Balaban J connectivity index is 3.35. The number of aldehydes is 1. The van der Waals surface area contributed by atoms with Gasteiger partial charge in [0.1, 0.15) is 11.2 Å². The van der Waals surface area contributed by atoms with E-state index in [2.05, 4.69) is 20.7 Å². The van der Waals surface area contributed by atoms with Crippen LogP contribution in [0, 0.1) is 0 Å². The SMILES string of the molecule is CNS(=O)(=O)c1cc(C(Br)C=O)ccc1Cl. The predicted octanol–water partition coefficient (Wildman–Crippen LogP) is 1.88. The summed E-state index contributed by atoms with van der Waals surface area (Å²) in [4.78, 5) is 9.99. The number of carbonyl (C=O) groups is 1. The molecule has 0 fully saturated rings. The fraction of sp³-hybridized carbons (Fsp3) is 0.222. The highest BCUT2D eigenvalue weighted by atomic mass is 79.9. The van der Waals surface area contributed by atoms with Gasteiger partial charge in [-0.25, -0.2) is 13.1 Å². The Morgan fingerprint density at radius 2 is 2.12 bits per heavy atom. The summed E-state index contributed by atoms with van der Waals surface area (Å²) in [5.74, 6) is 0. The zero-order chi connectivity index (χ0) is 12.3. The lowest BCUT2D eigenvalue weighted by atomic mass is 10.2. The molecule has 1 aromatic carbocycles. The fourth-order valence-electron chi connectivity index (χ4n) is 1.09. The van der Waals surface area contributed by atoms with Crippen LogP contribution in [0.25, 0.3) is 0 Å². The molecule has 1 rings (SSSR count). The van der Waals surface area contributed by atoms with Gasteiger partial charge in [0.2, 0.25) is 10.0 Å². The second kappa shape index (κ2) is 5.27. The number of rotatable bonds is 4. The minimum atomic E-state index is -3.61. The van der Waals surface area contributed by atoms with Gasteiger partial charge >= 0.3 is 0 Å². The Bertz CT molecular complexity index is 503. The number of halogens is 2. The molecule has 0 aromatic heterocycles. The van der Waals surface area contributed by atoms with Crippen LogP contribution in [0.2, 0.25) is 5.02 Å². The van der Waals surface area contributed by atoms with Gasteiger partial charge in [-0.1, -0.05) is 33.6 Å². The van der Waals surface area contributed by atoms with Gasteiger partial charge in [0.25, 0.3) is 0 Å². The minimum Gasteiger partial charge on any atom is -0.302 e. The number of nitrogens with one attached hydrogen (secondary N) is 1. The van der Waals surface area contributed by atoms with E-state index in [1.807, 2.05) is 0 Å². The molecule has 0 bridgehead atoms. The lowest BCUT2D eigenvalue weighted by Gasteiger charge is -2.08. The number of carbonyl (C=O) groups excluding carboxylic acids is 1. The summed E-state index contributed by atoms with van der Waals surface area (Å²) >= 11 is 8.89. The highest BCUT2D eigenvalue weighted by molar-refractivity contribution is 9.09. The molecule has 0 saturated heterocycles. The molecular weight excluding hydrogens is 318 g/mol. The van der Waals surface area contributed by atoms with Crippen molar-refractivity contribution in [3.8, 4) is 0 Å². The van der Waals surface area contributed by atoms with E-state index in [0.717, 1.165) is 0 Å². The summed E-state index contributed by atoms with van der Waals surface area (Å²) in [7, 11) is -2.32. The maximum atomic E-state index is 11.6. The average molecular weight is 327 g/mol. The largest absolute Gasteiger partial charge is 0.302 e. The number of hydrogen-bond acceptors (Lipinski definition) is 3. The molecule has 7 heteroatoms. The zero-order valence-corrected chi connectivity index (χ0v) is 11.4. The van der Waals surface area contributed by atoms with E-state index in [-0.39, 0.29) is 9.92 Å². The number of alkyl halides is 1. The summed E-state index contributed by atoms with van der Waals surface area (Å²) < 4.78 is 25.3. The van der Waals surface area contributed by atoms with E-state index in [4.69, 9.17) is 11.6 Å². The number of hydrogen-bond donors (Lipinski definition) is 1. The van der Waals surface area contributed by atoms with Crippen LogP contribution in [-0.4, -0.2) is 21.8 Å². The molecule has 16 heavy (non-hydrogen) atoms. The fourth-order valence-corrected chi connectivity index (χ4v) is 2.63. The molecule has 0 amide bonds. The van der Waals surface area contributed by atoms with Gasteiger partial charge in [0, 0.05) is 0 Å². The molecule has 0 spiro atoms. The van der Waals surface area contributed by atoms with Crippen molar-refractivity contribution in [2.24, 2.45) is 0 Å². The Hall–Kier alpha value is -0.430. The van der Waals surface area contributed by atoms with Crippen LogP contribution in [0.5, 0.6) is 0 Å². The van der Waals surface area contributed by atoms with Gasteiger partial charge in [-0.15, -0.1) is 0 Å². The van der Waals surface area contributed by atoms with Crippen molar-refractivity contribution in [3.63, 3.8) is 0 Å². The molecule has 1 aromatic rings. The molecule has 0 heterocycles. The van der Waals surface area contributed by atoms with E-state index in [0.29, 0.717) is 11.8 Å². The Morgan fingerprint density at radius 3 is 2.62 bits per heavy atom. The first kappa shape index (κ1) is 13.6. The quantitative estimate of drug-likeness (QED) is 0.679. The number of sulfonamides is 1. The minimum absolute atomic E-state index is 0.0412. The van der Waals surface area contributed by atoms with Crippen molar-refractivity contribution in [1.29, 1.82) is 0 Å². The third-order valence-corrected chi connectivity index (χ3v) is 4.59. The maximum Gasteiger partial charge on any atom is 0.241 e. The van der Waals surface area contributed by atoms with Crippen molar-refractivity contribution in [2.75, 3.05) is 7.05 Å². The molecule has 0 aliphatic heterocycles. The van der Waals surface area contributed by atoms with Crippen molar-refractivity contribution in [3.05, 3.63) is 28.8 Å². The van der Waals surface area contributed by atoms with E-state index in [1.165, 1.54) is 19.2 Å². The first-order valence-electron chi connectivity index (χ1n) is 4.24. The van der Waals surface area contributed by atoms with Crippen LogP contribution < -0.4 is 4.72 Å². The van der Waals surface area contributed by atoms with Crippen LogP contribution in [0.1, 0.15) is 10.4 Å². The van der Waals surface area contributed by atoms with E-state index in [9.17, 15) is 13.2 Å². The second-order valence-electron chi connectivity index (χ2n) is 2.94. The summed E-state index contributed by atoms with van der Waals surface area (Å²) in [5.41, 5.74) is 0.535. The predicted molar refractivity (Wildman–Crippen MR) is 65.4 cm³/mol. The highest BCUT2D eigenvalue weighted by Crippen LogP contribution is 2.27. The van der Waals surface area contributed by atoms with Crippen molar-refractivity contribution >= 4 is 43.8 Å². The lowest BCUT2D eigenvalue weighted by molar-refractivity contribution is -0.107. The third kappa shape index (κ3) is 2.82. The molecule has 88 valence electrons. The van der Waals surface area contributed by atoms with Gasteiger partial charge < -0.3 is 4.79 Å². The van der Waals surface area contributed by atoms with Crippen LogP contribution in [0.3, 0.4) is 0 Å². The Labute approximate surface area is 107 Å². The molecule has 1 atom stereocenters. The van der Waals surface area contributed by atoms with Crippen molar-refractivity contribution in [1.82, 2.24) is 4.72 Å². The van der Waals surface area contributed by atoms with E-state index in [1.54, 1.807) is 6.07 Å². The summed E-state index contributed by atoms with van der Waals surface area (Å²) in [6.45, 7) is 0. The summed E-state index contributed by atoms with van der Waals surface area (Å²) in [6, 6.07) is 4.39. The zero-order valence-electron chi connectivity index (χ0n) is 8.28. The molecular formula is C9H9BrClNO3S. The third-order valence-electron chi connectivity index (χ3n) is 1.95. The smallest absolute Gasteiger partial charge is 0.241 e. The van der Waals surface area contributed by atoms with E-state index >= 15 is 0 Å². The van der Waals surface area contributed by atoms with Crippen LogP contribution in [0.15, 0.2) is 23.1 Å². The molecule has 1 unspecified atom stereocenters. The van der Waals surface area contributed by atoms with E-state index < -0.39 is 14.9 Å². The van der Waals surface area contributed by atoms with Gasteiger partial charge in [0.05, 0.1) is 9.85 Å². The maximum absolute atomic E-state index is 11.6. The first-order chi connectivity index (χ1) is 7.42. The standard InChI is InChI=1S/C9H9BrClNO3S/c1-12-16(14,15)9-4-6(7(10)5-13)2-3-8(9)11/h2-5,7,12H,1H3. The van der Waals surface area contributed by atoms with Crippen molar-refractivity contribution < 1.29 is 13.2 Å². The molecule has 0 aliphatic carbocycles. The van der Waals surface area contributed by atoms with Gasteiger partial charge in [-0.2, -0.15) is 0 Å². The van der Waals surface area contributed by atoms with Crippen LogP contribution >= 0.6 is 27.5 Å². The van der Waals surface area contributed by atoms with Crippen LogP contribution in [0.4, 0.5) is 0 Å². The molecule has 0 saturated carbocycles. The van der Waals surface area contributed by atoms with Crippen LogP contribution in [-0.2, 0) is 14.8 Å². The second-order valence-corrected chi connectivity index (χ2v) is 6.18. The Kier molecular flexibility index (Phi) is 4.49. The molecule has 4 nitrogen and oxygen atoms in total. The molecule has 0 radical (unpaired) electrons. The average Bonchev–Trinajstić information content (AvgIpc) is 2.28. The molecule has 1 N–H and O–H groups in total. The monoisotopic (exact) mass is 325 g/mol. The van der Waals surface area contributed by atoms with Gasteiger partial charge in [-0.05, 0) is 24.7 Å². The molecule has 0 aliphatic rings. The summed E-state index contributed by atoms with van der Waals surface area (Å²) in [6.07, 6.45) is 0.666. The highest BCUT2D eigenvalue weighted by Gasteiger charge is 2.18. The topological polar surface area (TPSA) is 63.2 Å². The lowest BCUT2D eigenvalue weighted by Crippen LogP contribution is -2.19. The normalized spacial score (nSPS) is 13.4. The van der Waals surface area contributed by atoms with Gasteiger partial charge in [-0.3, -0.25) is 0 Å². The summed E-state index contributed by atoms with van der Waals surface area (Å²) in [5, 5.41) is 0.115. The Morgan fingerprint density at radius 1 is 1.50 bits per heavy atom. The van der Waals surface area contributed by atoms with Gasteiger partial charge in [0.15, 0.2) is 0 Å². The van der Waals surface area contributed by atoms with Crippen molar-refractivity contribution in [2.45, 2.75) is 9.72 Å². The number of benzene rings is 1. The first-order valence-corrected chi connectivity index (χ1v) is 7.02.